The predicted molar refractivity (Wildman–Crippen MR) is 113 cm³/mol. The monoisotopic (exact) mass is 471 g/mol. The van der Waals surface area contributed by atoms with Gasteiger partial charge >= 0.3 is 6.01 Å². The van der Waals surface area contributed by atoms with Crippen molar-refractivity contribution in [3.63, 3.8) is 0 Å². The fourth-order valence-corrected chi connectivity index (χ4v) is 3.47. The van der Waals surface area contributed by atoms with Crippen molar-refractivity contribution in [1.29, 1.82) is 0 Å². The van der Waals surface area contributed by atoms with Gasteiger partial charge in [0.25, 0.3) is 0 Å². The number of methoxy groups -OCH3 is 2. The molecule has 30 heavy (non-hydrogen) atoms. The highest BCUT2D eigenvalue weighted by Gasteiger charge is 2.19. The largest absolute Gasteiger partial charge is 0.481 e. The van der Waals surface area contributed by atoms with E-state index in [0.717, 1.165) is 16.6 Å². The number of nitrogens with one attached hydrogen (secondary N) is 1. The van der Waals surface area contributed by atoms with Gasteiger partial charge in [0, 0.05) is 17.8 Å². The third-order valence-corrected chi connectivity index (χ3v) is 5.10. The third-order valence-electron chi connectivity index (χ3n) is 4.22. The Hall–Kier alpha value is -3.40. The number of ether oxygens (including phenoxy) is 4. The number of fused-ring (bicyclic) bond motifs is 1. The van der Waals surface area contributed by atoms with Gasteiger partial charge in [0.1, 0.15) is 17.1 Å². The SMILES string of the molecule is CCc1[nH]c2nc(Oc3ccc(OC)nc3)nc(Oc3ccc(OC)nc3)c2c1Br. The Morgan fingerprint density at radius 3 is 2.07 bits per heavy atom. The number of hydrogen-bond acceptors (Lipinski definition) is 8. The summed E-state index contributed by atoms with van der Waals surface area (Å²) in [5, 5.41) is 0.711. The van der Waals surface area contributed by atoms with Gasteiger partial charge in [-0.25, -0.2) is 9.97 Å². The van der Waals surface area contributed by atoms with Gasteiger partial charge in [-0.2, -0.15) is 9.97 Å². The molecule has 0 fully saturated rings. The van der Waals surface area contributed by atoms with Gasteiger partial charge in [-0.1, -0.05) is 6.92 Å². The summed E-state index contributed by atoms with van der Waals surface area (Å²) in [6.45, 7) is 2.04. The normalized spacial score (nSPS) is 10.8. The summed E-state index contributed by atoms with van der Waals surface area (Å²) in [7, 11) is 3.10. The van der Waals surface area contributed by atoms with Crippen LogP contribution in [0.2, 0.25) is 0 Å². The average molecular weight is 472 g/mol. The molecule has 0 bridgehead atoms. The third kappa shape index (κ3) is 3.99. The molecule has 0 aliphatic carbocycles. The van der Waals surface area contributed by atoms with Crippen LogP contribution in [0.15, 0.2) is 41.1 Å². The molecule has 4 rings (SSSR count). The van der Waals surface area contributed by atoms with Gasteiger partial charge in [-0.3, -0.25) is 0 Å². The minimum Gasteiger partial charge on any atom is -0.481 e. The zero-order valence-corrected chi connectivity index (χ0v) is 18.1. The van der Waals surface area contributed by atoms with Crippen LogP contribution in [-0.4, -0.2) is 39.1 Å². The van der Waals surface area contributed by atoms with Crippen LogP contribution in [0, 0.1) is 0 Å². The number of rotatable bonds is 7. The number of aromatic nitrogens is 5. The molecule has 0 aliphatic heterocycles. The Balaban J connectivity index is 1.73. The van der Waals surface area contributed by atoms with Crippen LogP contribution in [-0.2, 0) is 6.42 Å². The maximum Gasteiger partial charge on any atom is 0.327 e. The topological polar surface area (TPSA) is 104 Å². The Morgan fingerprint density at radius 2 is 1.53 bits per heavy atom. The Morgan fingerprint density at radius 1 is 0.900 bits per heavy atom. The number of nitrogens with zero attached hydrogens (tertiary/aromatic N) is 4. The van der Waals surface area contributed by atoms with Crippen LogP contribution < -0.4 is 18.9 Å². The molecule has 10 heteroatoms. The number of aryl methyl sites for hydroxylation is 1. The number of pyridine rings is 2. The predicted octanol–water partition coefficient (Wildman–Crippen LogP) is 4.67. The van der Waals surface area contributed by atoms with E-state index in [1.165, 1.54) is 6.20 Å². The second kappa shape index (κ2) is 8.54. The van der Waals surface area contributed by atoms with Crippen LogP contribution in [0.25, 0.3) is 11.0 Å². The molecule has 0 saturated carbocycles. The zero-order valence-electron chi connectivity index (χ0n) is 16.5. The second-order valence-electron chi connectivity index (χ2n) is 6.08. The molecule has 154 valence electrons. The van der Waals surface area contributed by atoms with E-state index in [2.05, 4.69) is 40.8 Å². The lowest BCUT2D eigenvalue weighted by molar-refractivity contribution is 0.388. The quantitative estimate of drug-likeness (QED) is 0.414. The second-order valence-corrected chi connectivity index (χ2v) is 6.88. The van der Waals surface area contributed by atoms with Crippen LogP contribution in [0.1, 0.15) is 12.6 Å². The summed E-state index contributed by atoms with van der Waals surface area (Å²) in [4.78, 5) is 20.5. The fourth-order valence-electron chi connectivity index (χ4n) is 2.73. The fraction of sp³-hybridized carbons (Fsp3) is 0.200. The molecule has 0 unspecified atom stereocenters. The molecule has 1 N–H and O–H groups in total. The van der Waals surface area contributed by atoms with Crippen molar-refractivity contribution >= 4 is 27.0 Å². The van der Waals surface area contributed by atoms with Gasteiger partial charge in [-0.15, -0.1) is 0 Å². The molecule has 0 saturated heterocycles. The van der Waals surface area contributed by atoms with Crippen molar-refractivity contribution in [2.24, 2.45) is 0 Å². The number of aromatic amines is 1. The van der Waals surface area contributed by atoms with Crippen molar-refractivity contribution in [1.82, 2.24) is 24.9 Å². The van der Waals surface area contributed by atoms with E-state index in [1.54, 1.807) is 44.7 Å². The molecule has 0 atom stereocenters. The Kier molecular flexibility index (Phi) is 5.66. The molecular weight excluding hydrogens is 454 g/mol. The zero-order chi connectivity index (χ0) is 21.1. The van der Waals surface area contributed by atoms with Crippen LogP contribution in [0.5, 0.6) is 35.1 Å². The van der Waals surface area contributed by atoms with E-state index in [-0.39, 0.29) is 6.01 Å². The number of H-pyrrole nitrogens is 1. The van der Waals surface area contributed by atoms with Gasteiger partial charge in [0.15, 0.2) is 0 Å². The summed E-state index contributed by atoms with van der Waals surface area (Å²) < 4.78 is 22.8. The van der Waals surface area contributed by atoms with E-state index in [9.17, 15) is 0 Å². The molecule has 0 aliphatic rings. The summed E-state index contributed by atoms with van der Waals surface area (Å²) in [5.74, 6) is 2.26. The summed E-state index contributed by atoms with van der Waals surface area (Å²) in [5.41, 5.74) is 1.56. The molecule has 9 nitrogen and oxygen atoms in total. The molecule has 0 spiro atoms. The van der Waals surface area contributed by atoms with E-state index in [4.69, 9.17) is 18.9 Å². The van der Waals surface area contributed by atoms with Gasteiger partial charge < -0.3 is 23.9 Å². The summed E-state index contributed by atoms with van der Waals surface area (Å²) in [6.07, 6.45) is 3.86. The van der Waals surface area contributed by atoms with E-state index in [1.807, 2.05) is 6.92 Å². The first-order chi connectivity index (χ1) is 14.6. The van der Waals surface area contributed by atoms with Crippen molar-refractivity contribution < 1.29 is 18.9 Å². The van der Waals surface area contributed by atoms with Gasteiger partial charge in [0.2, 0.25) is 17.6 Å². The molecule has 0 radical (unpaired) electrons. The first-order valence-corrected chi connectivity index (χ1v) is 9.84. The van der Waals surface area contributed by atoms with Gasteiger partial charge in [-0.05, 0) is 34.5 Å². The Bertz CT molecular complexity index is 1160. The lowest BCUT2D eigenvalue weighted by Gasteiger charge is -2.09. The smallest absolute Gasteiger partial charge is 0.327 e. The van der Waals surface area contributed by atoms with Crippen molar-refractivity contribution in [2.45, 2.75) is 13.3 Å². The van der Waals surface area contributed by atoms with Crippen molar-refractivity contribution in [3.8, 4) is 35.1 Å². The van der Waals surface area contributed by atoms with Crippen LogP contribution >= 0.6 is 15.9 Å². The molecule has 4 aromatic heterocycles. The van der Waals surface area contributed by atoms with E-state index in [0.29, 0.717) is 40.2 Å². The molecule has 0 amide bonds. The van der Waals surface area contributed by atoms with Crippen LogP contribution in [0.3, 0.4) is 0 Å². The number of hydrogen-bond donors (Lipinski definition) is 1. The maximum absolute atomic E-state index is 6.01. The lowest BCUT2D eigenvalue weighted by Crippen LogP contribution is -1.97. The molecule has 4 heterocycles. The first kappa shape index (κ1) is 19.9. The maximum atomic E-state index is 6.01. The van der Waals surface area contributed by atoms with Crippen molar-refractivity contribution in [3.05, 3.63) is 46.8 Å². The lowest BCUT2D eigenvalue weighted by atomic mass is 10.3. The summed E-state index contributed by atoms with van der Waals surface area (Å²) in [6, 6.07) is 6.97. The molecular formula is C20H18BrN5O4. The van der Waals surface area contributed by atoms with Gasteiger partial charge in [0.05, 0.1) is 36.5 Å². The van der Waals surface area contributed by atoms with E-state index >= 15 is 0 Å². The minimum atomic E-state index is 0.113. The van der Waals surface area contributed by atoms with E-state index < -0.39 is 0 Å². The molecule has 0 aromatic carbocycles. The van der Waals surface area contributed by atoms with Crippen molar-refractivity contribution in [2.75, 3.05) is 14.2 Å². The molecule has 4 aromatic rings. The minimum absolute atomic E-state index is 0.113. The average Bonchev–Trinajstić information content (AvgIpc) is 3.10. The number of halogens is 1. The van der Waals surface area contributed by atoms with Crippen LogP contribution in [0.4, 0.5) is 0 Å². The highest BCUT2D eigenvalue weighted by atomic mass is 79.9. The Labute approximate surface area is 180 Å². The highest BCUT2D eigenvalue weighted by molar-refractivity contribution is 9.10. The first-order valence-electron chi connectivity index (χ1n) is 9.05. The summed E-state index contributed by atoms with van der Waals surface area (Å²) >= 11 is 3.61. The highest BCUT2D eigenvalue weighted by Crippen LogP contribution is 2.37. The standard InChI is InChI=1S/C20H18BrN5O4/c1-4-13-17(21)16-18(24-13)25-20(30-12-6-8-15(28-3)23-10-12)26-19(16)29-11-5-7-14(27-2)22-9-11/h5-10H,4H2,1-3H3,(H,24,25,26).